The number of furan rings is 2. The van der Waals surface area contributed by atoms with Crippen LogP contribution in [0.4, 0.5) is 0 Å². The molecule has 0 aliphatic rings. The zero-order chi connectivity index (χ0) is 80.5. The molecule has 0 N–H and O–H groups in total. The molecular formula is C104H92N8O2S2+4. The van der Waals surface area contributed by atoms with Crippen LogP contribution in [0.25, 0.3) is 175 Å². The highest BCUT2D eigenvalue weighted by molar-refractivity contribution is 7.25. The van der Waals surface area contributed by atoms with Crippen LogP contribution in [-0.4, -0.2) is 19.9 Å². The van der Waals surface area contributed by atoms with E-state index in [0.29, 0.717) is 11.4 Å². The number of hydrogen-bond acceptors (Lipinski definition) is 8. The van der Waals surface area contributed by atoms with Gasteiger partial charge in [0.05, 0.1) is 11.4 Å². The van der Waals surface area contributed by atoms with E-state index in [9.17, 15) is 0 Å². The average Bonchev–Trinajstić information content (AvgIpc) is 1.58. The maximum atomic E-state index is 6.08. The van der Waals surface area contributed by atoms with Crippen molar-refractivity contribution in [2.75, 3.05) is 0 Å². The molecule has 20 aromatic rings. The van der Waals surface area contributed by atoms with E-state index in [1.165, 1.54) is 154 Å². The molecule has 10 nitrogen and oxygen atoms in total. The van der Waals surface area contributed by atoms with Crippen molar-refractivity contribution in [1.29, 1.82) is 0 Å². The van der Waals surface area contributed by atoms with Crippen LogP contribution in [0.5, 0.6) is 0 Å². The minimum atomic E-state index is 0.688. The lowest BCUT2D eigenvalue weighted by atomic mass is 9.97. The summed E-state index contributed by atoms with van der Waals surface area (Å²) in [5, 5.41) is 9.42. The van der Waals surface area contributed by atoms with Crippen molar-refractivity contribution in [2.45, 2.75) is 83.1 Å². The van der Waals surface area contributed by atoms with E-state index >= 15 is 0 Å². The number of hydrogen-bond donors (Lipinski definition) is 0. The van der Waals surface area contributed by atoms with Gasteiger partial charge < -0.3 is 8.83 Å². The van der Waals surface area contributed by atoms with Crippen LogP contribution >= 0.6 is 22.7 Å². The molecular weight excluding hydrogens is 1460 g/mol. The zero-order valence-corrected chi connectivity index (χ0v) is 70.2. The zero-order valence-electron chi connectivity index (χ0n) is 68.6. The Morgan fingerprint density at radius 3 is 1.07 bits per heavy atom. The maximum absolute atomic E-state index is 6.08. The number of pyridine rings is 8. The van der Waals surface area contributed by atoms with Crippen molar-refractivity contribution in [3.05, 3.63) is 334 Å². The number of nitrogens with zero attached hydrogens (tertiary/aromatic N) is 8. The summed E-state index contributed by atoms with van der Waals surface area (Å²) in [5.41, 5.74) is 36.7. The summed E-state index contributed by atoms with van der Waals surface area (Å²) in [5.74, 6) is 0. The smallest absolute Gasteiger partial charge is 0.227 e. The molecule has 0 fully saturated rings. The van der Waals surface area contributed by atoms with Crippen LogP contribution in [0.2, 0.25) is 0 Å². The predicted octanol–water partition coefficient (Wildman–Crippen LogP) is 25.2. The summed E-state index contributed by atoms with van der Waals surface area (Å²) < 4.78 is 23.6. The number of aryl methyl sites for hydroxylation is 16. The van der Waals surface area contributed by atoms with E-state index in [0.717, 1.165) is 76.3 Å². The summed E-state index contributed by atoms with van der Waals surface area (Å²) in [6.45, 7) is 25.5. The highest BCUT2D eigenvalue weighted by Gasteiger charge is 2.24. The fourth-order valence-corrected chi connectivity index (χ4v) is 18.8. The second-order valence-electron chi connectivity index (χ2n) is 31.3. The molecule has 0 spiro atoms. The van der Waals surface area contributed by atoms with Crippen LogP contribution in [0.15, 0.2) is 276 Å². The molecule has 0 aliphatic heterocycles. The van der Waals surface area contributed by atoms with E-state index in [1.54, 1.807) is 22.7 Å². The van der Waals surface area contributed by atoms with Gasteiger partial charge in [0, 0.05) is 144 Å². The molecule has 568 valence electrons. The van der Waals surface area contributed by atoms with Gasteiger partial charge in [-0.1, -0.05) is 115 Å². The fraction of sp³-hybridized carbons (Fsp3) is 0.154. The molecule has 0 atom stereocenters. The Labute approximate surface area is 685 Å². The first-order valence-corrected chi connectivity index (χ1v) is 41.1. The molecule has 8 aromatic carbocycles. The Kier molecular flexibility index (Phi) is 20.3. The third kappa shape index (κ3) is 14.6. The third-order valence-corrected chi connectivity index (χ3v) is 24.8. The summed E-state index contributed by atoms with van der Waals surface area (Å²) in [7, 11) is 8.44. The van der Waals surface area contributed by atoms with Crippen LogP contribution < -0.4 is 18.3 Å². The SMILES string of the molecule is Cc1ccc2c(c1)oc1nc(-c3cc(-c4ccccc4C)[n+](C)cc3C)ccc12.Cc1ccc2c(c1)sc1nc(-c3cc(-c4ccccc4C)[n+](C)cc3C)ccc12.Cc1ccc2c(n1)oc1cc(-c3cc(-c4ccccc4C)[n+](C)cc3C)ccc12.Cc1ccc2c(n1)sc1cc(-c3cc(-c4ccccc4C)[n+](C)cc3C)ccc12. The topological polar surface area (TPSA) is 93.4 Å². The standard InChI is InChI=1S/2C26H23N2O.2C26H23N2S/c1-16-7-5-6-8-20(16)24-14-23(17(2)15-28(24)4)19-10-12-21-22-11-9-18(3)27-26(22)29-25(21)13-19;1-16-9-10-20-21-11-12-23(27-26(21)29-25(20)13-16)22-14-24(28(4)15-18(22)3)19-8-6-5-7-17(19)2;1-16-7-5-6-8-20(16)24-14-23(17(2)15-28(24)4)19-10-12-21-22-11-9-18(3)27-26(22)29-25(21)13-19;1-16-9-10-20-21-11-12-23(27-26(21)29-25(20)13-16)22-14-24(28(4)15-18(22)3)19-8-6-5-7-17(19)2/h4*5-15H,1-4H3/q4*+1. The Hall–Kier alpha value is -13.0. The molecule has 20 rings (SSSR count). The van der Waals surface area contributed by atoms with Crippen LogP contribution in [0.3, 0.4) is 0 Å². The van der Waals surface area contributed by atoms with Gasteiger partial charge in [0.1, 0.15) is 49.0 Å². The Bertz CT molecular complexity index is 6450. The van der Waals surface area contributed by atoms with Gasteiger partial charge in [0.25, 0.3) is 0 Å². The molecule has 0 amide bonds. The van der Waals surface area contributed by atoms with E-state index in [2.05, 4.69) is 389 Å². The van der Waals surface area contributed by atoms with Crippen molar-refractivity contribution in [2.24, 2.45) is 28.2 Å². The molecule has 0 radical (unpaired) electrons. The largest absolute Gasteiger partial charge is 0.438 e. The highest BCUT2D eigenvalue weighted by Crippen LogP contribution is 2.41. The van der Waals surface area contributed by atoms with Crippen LogP contribution in [0, 0.1) is 83.1 Å². The normalized spacial score (nSPS) is 11.4. The molecule has 0 unspecified atom stereocenters. The quantitative estimate of drug-likeness (QED) is 0.141. The van der Waals surface area contributed by atoms with Crippen molar-refractivity contribution >= 4 is 107 Å². The van der Waals surface area contributed by atoms with Gasteiger partial charge in [-0.3, -0.25) is 0 Å². The number of fused-ring (bicyclic) bond motifs is 12. The van der Waals surface area contributed by atoms with Gasteiger partial charge in [-0.05, 0) is 242 Å². The van der Waals surface area contributed by atoms with Crippen molar-refractivity contribution < 1.29 is 27.1 Å². The Balaban J connectivity index is 0.000000111. The third-order valence-electron chi connectivity index (χ3n) is 22.7. The van der Waals surface area contributed by atoms with Gasteiger partial charge >= 0.3 is 0 Å². The van der Waals surface area contributed by atoms with E-state index in [-0.39, 0.29) is 0 Å². The predicted molar refractivity (Wildman–Crippen MR) is 482 cm³/mol. The van der Waals surface area contributed by atoms with Crippen LogP contribution in [0.1, 0.15) is 67.0 Å². The first-order chi connectivity index (χ1) is 56.0. The molecule has 0 aliphatic carbocycles. The minimum absolute atomic E-state index is 0.688. The van der Waals surface area contributed by atoms with Gasteiger partial charge in [-0.25, -0.2) is 38.2 Å². The molecule has 0 bridgehead atoms. The van der Waals surface area contributed by atoms with Crippen molar-refractivity contribution in [1.82, 2.24) is 19.9 Å². The summed E-state index contributed by atoms with van der Waals surface area (Å²) in [6, 6.07) is 86.5. The van der Waals surface area contributed by atoms with Gasteiger partial charge in [0.2, 0.25) is 34.2 Å². The maximum Gasteiger partial charge on any atom is 0.227 e. The van der Waals surface area contributed by atoms with E-state index in [4.69, 9.17) is 23.8 Å². The minimum Gasteiger partial charge on any atom is -0.438 e. The summed E-state index contributed by atoms with van der Waals surface area (Å²) in [4.78, 5) is 21.4. The lowest BCUT2D eigenvalue weighted by Gasteiger charge is -2.10. The lowest BCUT2D eigenvalue weighted by molar-refractivity contribution is -0.660. The summed E-state index contributed by atoms with van der Waals surface area (Å²) in [6.07, 6.45) is 8.81. The Morgan fingerprint density at radius 2 is 0.586 bits per heavy atom. The number of thiophene rings is 2. The number of rotatable bonds is 8. The molecule has 0 saturated carbocycles. The molecule has 0 saturated heterocycles. The van der Waals surface area contributed by atoms with Gasteiger partial charge in [-0.2, -0.15) is 0 Å². The lowest BCUT2D eigenvalue weighted by Crippen LogP contribution is -2.31. The molecule has 12 aromatic heterocycles. The Morgan fingerprint density at radius 1 is 0.250 bits per heavy atom. The first kappa shape index (κ1) is 75.7. The first-order valence-electron chi connectivity index (χ1n) is 39.5. The monoisotopic (exact) mass is 1550 g/mol. The second kappa shape index (κ2) is 31.1. The number of aromatic nitrogens is 8. The van der Waals surface area contributed by atoms with Crippen molar-refractivity contribution in [3.63, 3.8) is 0 Å². The highest BCUT2D eigenvalue weighted by atomic mass is 32.1. The molecule has 12 heterocycles. The number of benzene rings is 8. The van der Waals surface area contributed by atoms with Gasteiger partial charge in [0.15, 0.2) is 24.8 Å². The molecule has 116 heavy (non-hydrogen) atoms. The van der Waals surface area contributed by atoms with Crippen LogP contribution in [-0.2, 0) is 28.2 Å². The average molecular weight is 1550 g/mol. The van der Waals surface area contributed by atoms with Crippen molar-refractivity contribution in [3.8, 4) is 89.8 Å². The van der Waals surface area contributed by atoms with Gasteiger partial charge in [-0.15, -0.1) is 22.7 Å². The van der Waals surface area contributed by atoms with E-state index in [1.807, 2.05) is 13.0 Å². The molecule has 12 heteroatoms. The second-order valence-corrected chi connectivity index (χ2v) is 33.3. The van der Waals surface area contributed by atoms with E-state index < -0.39 is 0 Å². The fourth-order valence-electron chi connectivity index (χ4n) is 16.5. The summed E-state index contributed by atoms with van der Waals surface area (Å²) >= 11 is 3.56.